The van der Waals surface area contributed by atoms with Crippen molar-refractivity contribution in [1.29, 1.82) is 0 Å². The number of hydrogen-bond donors (Lipinski definition) is 1. The summed E-state index contributed by atoms with van der Waals surface area (Å²) in [6.45, 7) is 7.18. The first-order valence-electron chi connectivity index (χ1n) is 6.41. The van der Waals surface area contributed by atoms with Crippen molar-refractivity contribution in [3.63, 3.8) is 0 Å². The van der Waals surface area contributed by atoms with E-state index in [0.29, 0.717) is 19.8 Å². The minimum atomic E-state index is -0.672. The SMILES string of the molecule is CC(C)(C)OC(=O)N1C2COCC13CNC(C2)O3. The number of rotatable bonds is 0. The van der Waals surface area contributed by atoms with Crippen molar-refractivity contribution in [3.05, 3.63) is 0 Å². The van der Waals surface area contributed by atoms with Gasteiger partial charge in [-0.1, -0.05) is 0 Å². The molecule has 1 amide bonds. The van der Waals surface area contributed by atoms with Crippen LogP contribution in [0, 0.1) is 0 Å². The van der Waals surface area contributed by atoms with Gasteiger partial charge in [-0.3, -0.25) is 10.2 Å². The molecule has 102 valence electrons. The van der Waals surface area contributed by atoms with Crippen LogP contribution in [0.15, 0.2) is 0 Å². The summed E-state index contributed by atoms with van der Waals surface area (Å²) < 4.78 is 16.9. The molecule has 1 N–H and O–H groups in total. The van der Waals surface area contributed by atoms with E-state index < -0.39 is 11.3 Å². The molecular weight excluding hydrogens is 236 g/mol. The highest BCUT2D eigenvalue weighted by Gasteiger charge is 2.58. The van der Waals surface area contributed by atoms with Gasteiger partial charge in [-0.05, 0) is 20.8 Å². The zero-order valence-corrected chi connectivity index (χ0v) is 11.1. The van der Waals surface area contributed by atoms with Gasteiger partial charge in [0.1, 0.15) is 11.8 Å². The van der Waals surface area contributed by atoms with E-state index in [1.165, 1.54) is 0 Å². The lowest BCUT2D eigenvalue weighted by Gasteiger charge is -2.50. The first-order valence-corrected chi connectivity index (χ1v) is 6.41. The molecule has 3 bridgehead atoms. The van der Waals surface area contributed by atoms with Crippen LogP contribution >= 0.6 is 0 Å². The molecule has 6 nitrogen and oxygen atoms in total. The maximum absolute atomic E-state index is 12.4. The van der Waals surface area contributed by atoms with Gasteiger partial charge >= 0.3 is 6.09 Å². The van der Waals surface area contributed by atoms with Crippen molar-refractivity contribution < 1.29 is 19.0 Å². The van der Waals surface area contributed by atoms with Crippen molar-refractivity contribution in [1.82, 2.24) is 10.2 Å². The Balaban J connectivity index is 1.84. The third-order valence-corrected chi connectivity index (χ3v) is 3.49. The summed E-state index contributed by atoms with van der Waals surface area (Å²) in [7, 11) is 0. The molecule has 3 atom stereocenters. The third-order valence-electron chi connectivity index (χ3n) is 3.49. The Labute approximate surface area is 107 Å². The molecule has 0 aromatic carbocycles. The normalized spacial score (nSPS) is 38.7. The van der Waals surface area contributed by atoms with E-state index >= 15 is 0 Å². The minimum absolute atomic E-state index is 0.0394. The average Bonchev–Trinajstić information content (AvgIpc) is 2.55. The molecule has 3 aliphatic heterocycles. The zero-order valence-electron chi connectivity index (χ0n) is 11.1. The Hall–Kier alpha value is -0.850. The monoisotopic (exact) mass is 256 g/mol. The third kappa shape index (κ3) is 1.88. The fourth-order valence-electron chi connectivity index (χ4n) is 2.86. The highest BCUT2D eigenvalue weighted by atomic mass is 16.6. The number of ether oxygens (including phenoxy) is 3. The smallest absolute Gasteiger partial charge is 0.413 e. The number of amides is 1. The Bertz CT molecular complexity index is 364. The van der Waals surface area contributed by atoms with Crippen LogP contribution in [0.25, 0.3) is 0 Å². The van der Waals surface area contributed by atoms with Crippen molar-refractivity contribution in [2.24, 2.45) is 0 Å². The summed E-state index contributed by atoms with van der Waals surface area (Å²) in [6.07, 6.45) is 0.483. The van der Waals surface area contributed by atoms with Crippen LogP contribution in [0.5, 0.6) is 0 Å². The highest BCUT2D eigenvalue weighted by molar-refractivity contribution is 5.70. The van der Waals surface area contributed by atoms with Crippen molar-refractivity contribution in [2.45, 2.75) is 50.8 Å². The van der Waals surface area contributed by atoms with Crippen LogP contribution in [-0.2, 0) is 14.2 Å². The number of hydrogen-bond acceptors (Lipinski definition) is 5. The van der Waals surface area contributed by atoms with Crippen LogP contribution in [0.2, 0.25) is 0 Å². The number of morpholine rings is 1. The van der Waals surface area contributed by atoms with E-state index in [1.54, 1.807) is 4.90 Å². The molecule has 1 spiro atoms. The lowest BCUT2D eigenvalue weighted by Crippen LogP contribution is -2.68. The largest absolute Gasteiger partial charge is 0.444 e. The van der Waals surface area contributed by atoms with Crippen LogP contribution in [0.3, 0.4) is 0 Å². The van der Waals surface area contributed by atoms with Gasteiger partial charge in [-0.25, -0.2) is 4.79 Å². The van der Waals surface area contributed by atoms with Gasteiger partial charge in [-0.15, -0.1) is 0 Å². The van der Waals surface area contributed by atoms with Gasteiger partial charge in [0, 0.05) is 13.0 Å². The number of fused-ring (bicyclic) bond motifs is 2. The summed E-state index contributed by atoms with van der Waals surface area (Å²) >= 11 is 0. The zero-order chi connectivity index (χ0) is 13.0. The quantitative estimate of drug-likeness (QED) is 0.690. The standard InChI is InChI=1S/C12H20N2O4/c1-11(2,3)18-10(15)14-8-4-9-13-6-12(14,17-9)7-16-5-8/h8-9,13H,4-7H2,1-3H3. The summed E-state index contributed by atoms with van der Waals surface area (Å²) in [5.74, 6) is 0. The second-order valence-corrected chi connectivity index (χ2v) is 6.19. The molecule has 0 aromatic rings. The van der Waals surface area contributed by atoms with Gasteiger partial charge in [-0.2, -0.15) is 0 Å². The van der Waals surface area contributed by atoms with E-state index in [1.807, 2.05) is 20.8 Å². The number of carbonyl (C=O) groups is 1. The minimum Gasteiger partial charge on any atom is -0.444 e. The van der Waals surface area contributed by atoms with Crippen molar-refractivity contribution in [2.75, 3.05) is 19.8 Å². The number of nitrogens with one attached hydrogen (secondary N) is 1. The van der Waals surface area contributed by atoms with Crippen LogP contribution in [0.4, 0.5) is 4.79 Å². The number of nitrogens with zero attached hydrogens (tertiary/aromatic N) is 1. The fourth-order valence-corrected chi connectivity index (χ4v) is 2.86. The Kier molecular flexibility index (Phi) is 2.59. The van der Waals surface area contributed by atoms with Gasteiger partial charge in [0.15, 0.2) is 5.72 Å². The molecule has 18 heavy (non-hydrogen) atoms. The van der Waals surface area contributed by atoms with Gasteiger partial charge in [0.05, 0.1) is 19.3 Å². The summed E-state index contributed by atoms with van der Waals surface area (Å²) in [5.41, 5.74) is -1.17. The highest BCUT2D eigenvalue weighted by Crippen LogP contribution is 2.38. The Morgan fingerprint density at radius 2 is 2.28 bits per heavy atom. The maximum Gasteiger partial charge on any atom is 0.413 e. The van der Waals surface area contributed by atoms with E-state index in [0.717, 1.165) is 6.42 Å². The number of carbonyl (C=O) groups excluding carboxylic acids is 1. The molecule has 3 aliphatic rings. The first-order chi connectivity index (χ1) is 8.40. The first kappa shape index (κ1) is 12.2. The second kappa shape index (κ2) is 3.82. The van der Waals surface area contributed by atoms with E-state index in [2.05, 4.69) is 5.32 Å². The molecular formula is C12H20N2O4. The van der Waals surface area contributed by atoms with Gasteiger partial charge < -0.3 is 14.2 Å². The van der Waals surface area contributed by atoms with Crippen LogP contribution in [0.1, 0.15) is 27.2 Å². The molecule has 0 radical (unpaired) electrons. The van der Waals surface area contributed by atoms with Crippen molar-refractivity contribution >= 4 is 6.09 Å². The van der Waals surface area contributed by atoms with Crippen molar-refractivity contribution in [3.8, 4) is 0 Å². The van der Waals surface area contributed by atoms with Crippen LogP contribution in [-0.4, -0.2) is 54.3 Å². The molecule has 0 aromatic heterocycles. The van der Waals surface area contributed by atoms with E-state index in [4.69, 9.17) is 14.2 Å². The second-order valence-electron chi connectivity index (χ2n) is 6.19. The summed E-state index contributed by atoms with van der Waals surface area (Å²) in [6, 6.07) is 0.0438. The van der Waals surface area contributed by atoms with E-state index in [-0.39, 0.29) is 18.4 Å². The molecule has 3 heterocycles. The Morgan fingerprint density at radius 1 is 1.50 bits per heavy atom. The van der Waals surface area contributed by atoms with Crippen LogP contribution < -0.4 is 5.32 Å². The molecule has 3 unspecified atom stereocenters. The molecule has 3 rings (SSSR count). The molecule has 3 saturated heterocycles. The van der Waals surface area contributed by atoms with Gasteiger partial charge in [0.25, 0.3) is 0 Å². The van der Waals surface area contributed by atoms with E-state index in [9.17, 15) is 4.79 Å². The average molecular weight is 256 g/mol. The summed E-state index contributed by atoms with van der Waals surface area (Å²) in [5, 5.41) is 3.28. The molecule has 0 aliphatic carbocycles. The predicted molar refractivity (Wildman–Crippen MR) is 62.9 cm³/mol. The Morgan fingerprint density at radius 3 is 3.00 bits per heavy atom. The molecule has 6 heteroatoms. The predicted octanol–water partition coefficient (Wildman–Crippen LogP) is 0.668. The topological polar surface area (TPSA) is 60.0 Å². The van der Waals surface area contributed by atoms with Gasteiger partial charge in [0.2, 0.25) is 0 Å². The summed E-state index contributed by atoms with van der Waals surface area (Å²) in [4.78, 5) is 14.1. The lowest BCUT2D eigenvalue weighted by molar-refractivity contribution is -0.248. The molecule has 3 fully saturated rings. The lowest BCUT2D eigenvalue weighted by atomic mass is 10.0. The fraction of sp³-hybridized carbons (Fsp3) is 0.917. The maximum atomic E-state index is 12.4. The molecule has 0 saturated carbocycles.